The molecule has 0 N–H and O–H groups in total. The van der Waals surface area contributed by atoms with Crippen molar-refractivity contribution in [2.45, 2.75) is 126 Å². The summed E-state index contributed by atoms with van der Waals surface area (Å²) in [6.07, 6.45) is 16.6. The van der Waals surface area contributed by atoms with Crippen molar-refractivity contribution >= 4 is 0 Å². The lowest BCUT2D eigenvalue weighted by Gasteiger charge is -2.56. The minimum absolute atomic E-state index is 0.198. The summed E-state index contributed by atoms with van der Waals surface area (Å²) in [5.41, 5.74) is 0.657. The zero-order chi connectivity index (χ0) is 20.4. The van der Waals surface area contributed by atoms with Crippen molar-refractivity contribution < 1.29 is 9.47 Å². The van der Waals surface area contributed by atoms with Gasteiger partial charge in [0.2, 0.25) is 6.29 Å². The maximum atomic E-state index is 6.13. The normalized spacial score (nSPS) is 18.8. The van der Waals surface area contributed by atoms with E-state index in [-0.39, 0.29) is 16.2 Å². The lowest BCUT2D eigenvalue weighted by Crippen LogP contribution is -2.52. The predicted octanol–water partition coefficient (Wildman–Crippen LogP) is 8.30. The zero-order valence-corrected chi connectivity index (χ0v) is 19.7. The molecule has 1 radical (unpaired) electrons. The van der Waals surface area contributed by atoms with E-state index >= 15 is 0 Å². The van der Waals surface area contributed by atoms with Crippen LogP contribution in [0, 0.1) is 22.5 Å². The van der Waals surface area contributed by atoms with E-state index in [1.807, 2.05) is 0 Å². The van der Waals surface area contributed by atoms with Gasteiger partial charge in [-0.15, -0.1) is 0 Å². The molecule has 0 aromatic carbocycles. The van der Waals surface area contributed by atoms with Gasteiger partial charge >= 0.3 is 0 Å². The largest absolute Gasteiger partial charge is 0.345 e. The van der Waals surface area contributed by atoms with E-state index < -0.39 is 0 Å². The molecule has 27 heavy (non-hydrogen) atoms. The first-order valence-corrected chi connectivity index (χ1v) is 11.8. The van der Waals surface area contributed by atoms with E-state index in [0.717, 1.165) is 38.8 Å². The number of unbranched alkanes of at least 4 members (excludes halogenated alkanes) is 9. The molecule has 0 aromatic rings. The lowest BCUT2D eigenvalue weighted by atomic mass is 9.52. The van der Waals surface area contributed by atoms with E-state index in [9.17, 15) is 0 Å². The van der Waals surface area contributed by atoms with E-state index in [1.165, 1.54) is 57.8 Å². The third-order valence-electron chi connectivity index (χ3n) is 6.87. The average molecular weight is 382 g/mol. The molecule has 0 atom stereocenters. The molecular formula is C25H49O2. The highest BCUT2D eigenvalue weighted by atomic mass is 16.7. The van der Waals surface area contributed by atoms with Crippen LogP contribution in [-0.2, 0) is 9.47 Å². The molecule has 0 saturated carbocycles. The van der Waals surface area contributed by atoms with Crippen molar-refractivity contribution in [3.05, 3.63) is 6.29 Å². The average Bonchev–Trinajstić information content (AvgIpc) is 2.58. The van der Waals surface area contributed by atoms with Crippen molar-refractivity contribution in [3.63, 3.8) is 0 Å². The predicted molar refractivity (Wildman–Crippen MR) is 118 cm³/mol. The van der Waals surface area contributed by atoms with Crippen LogP contribution < -0.4 is 0 Å². The molecule has 0 aromatic heterocycles. The van der Waals surface area contributed by atoms with E-state index in [0.29, 0.717) is 0 Å². The summed E-state index contributed by atoms with van der Waals surface area (Å²) in [4.78, 5) is 0. The molecular weight excluding hydrogens is 332 g/mol. The van der Waals surface area contributed by atoms with Crippen molar-refractivity contribution in [3.8, 4) is 0 Å². The molecule has 1 saturated heterocycles. The van der Waals surface area contributed by atoms with Crippen LogP contribution in [0.25, 0.3) is 0 Å². The van der Waals surface area contributed by atoms with Gasteiger partial charge in [-0.05, 0) is 23.7 Å². The summed E-state index contributed by atoms with van der Waals surface area (Å²) in [6.45, 7) is 18.0. The summed E-state index contributed by atoms with van der Waals surface area (Å²) in [5.74, 6) is 0. The first kappa shape index (κ1) is 25.0. The van der Waals surface area contributed by atoms with Crippen LogP contribution >= 0.6 is 0 Å². The molecule has 1 aliphatic heterocycles. The molecule has 0 spiro atoms. The molecule has 1 rings (SSSR count). The Hall–Kier alpha value is -0.0800. The Balaban J connectivity index is 2.12. The smallest absolute Gasteiger partial charge is 0.223 e. The third-order valence-corrected chi connectivity index (χ3v) is 6.87. The number of hydrogen-bond acceptors (Lipinski definition) is 2. The zero-order valence-electron chi connectivity index (χ0n) is 19.7. The maximum absolute atomic E-state index is 6.13. The Morgan fingerprint density at radius 1 is 0.778 bits per heavy atom. The van der Waals surface area contributed by atoms with Gasteiger partial charge in [-0.2, -0.15) is 0 Å². The van der Waals surface area contributed by atoms with Gasteiger partial charge in [-0.3, -0.25) is 0 Å². The van der Waals surface area contributed by atoms with E-state index in [2.05, 4.69) is 48.5 Å². The SMILES string of the molecule is CCCCCCCCCCCCO[C]1CCC(C(C)(C)C)(C(C)(C)C)CO1. The van der Waals surface area contributed by atoms with Gasteiger partial charge in [0.1, 0.15) is 0 Å². The van der Waals surface area contributed by atoms with E-state index in [4.69, 9.17) is 9.47 Å². The van der Waals surface area contributed by atoms with Gasteiger partial charge in [0.15, 0.2) is 0 Å². The quantitative estimate of drug-likeness (QED) is 0.316. The monoisotopic (exact) mass is 381 g/mol. The van der Waals surface area contributed by atoms with Gasteiger partial charge in [-0.25, -0.2) is 0 Å². The molecule has 1 fully saturated rings. The Bertz CT molecular complexity index is 351. The summed E-state index contributed by atoms with van der Waals surface area (Å²) in [6, 6.07) is 0. The van der Waals surface area contributed by atoms with Crippen molar-refractivity contribution in [1.82, 2.24) is 0 Å². The maximum Gasteiger partial charge on any atom is 0.223 e. The molecule has 0 aliphatic carbocycles. The first-order chi connectivity index (χ1) is 12.6. The first-order valence-electron chi connectivity index (χ1n) is 11.8. The van der Waals surface area contributed by atoms with Crippen LogP contribution in [0.2, 0.25) is 0 Å². The van der Waals surface area contributed by atoms with Gasteiger partial charge in [-0.1, -0.05) is 106 Å². The summed E-state index contributed by atoms with van der Waals surface area (Å²) in [5, 5.41) is 0. The lowest BCUT2D eigenvalue weighted by molar-refractivity contribution is -0.178. The van der Waals surface area contributed by atoms with E-state index in [1.54, 1.807) is 0 Å². The van der Waals surface area contributed by atoms with Gasteiger partial charge in [0, 0.05) is 11.8 Å². The Kier molecular flexibility index (Phi) is 10.9. The highest BCUT2D eigenvalue weighted by molar-refractivity contribution is 5.02. The number of rotatable bonds is 12. The topological polar surface area (TPSA) is 18.5 Å². The fourth-order valence-corrected chi connectivity index (χ4v) is 4.86. The highest BCUT2D eigenvalue weighted by Crippen LogP contribution is 2.57. The third kappa shape index (κ3) is 8.05. The van der Waals surface area contributed by atoms with Gasteiger partial charge in [0.25, 0.3) is 0 Å². The summed E-state index contributed by atoms with van der Waals surface area (Å²) in [7, 11) is 0. The van der Waals surface area contributed by atoms with Crippen molar-refractivity contribution in [2.75, 3.05) is 13.2 Å². The Morgan fingerprint density at radius 2 is 1.26 bits per heavy atom. The molecule has 0 amide bonds. The standard InChI is InChI=1S/C25H49O2/c1-8-9-10-11-12-13-14-15-16-17-20-26-22-18-19-25(21-27-22,23(2,3)4)24(5,6)7/h8-21H2,1-7H3. The second-order valence-electron chi connectivity index (χ2n) is 10.8. The second-order valence-corrected chi connectivity index (χ2v) is 10.8. The van der Waals surface area contributed by atoms with Crippen LogP contribution in [0.3, 0.4) is 0 Å². The molecule has 2 heteroatoms. The van der Waals surface area contributed by atoms with Crippen LogP contribution in [-0.4, -0.2) is 13.2 Å². The minimum Gasteiger partial charge on any atom is -0.345 e. The van der Waals surface area contributed by atoms with Crippen LogP contribution in [0.5, 0.6) is 0 Å². The second kappa shape index (κ2) is 11.8. The van der Waals surface area contributed by atoms with Crippen molar-refractivity contribution in [2.24, 2.45) is 16.2 Å². The van der Waals surface area contributed by atoms with Gasteiger partial charge < -0.3 is 9.47 Å². The fraction of sp³-hybridized carbons (Fsp3) is 0.960. The minimum atomic E-state index is 0.198. The summed E-state index contributed by atoms with van der Waals surface area (Å²) >= 11 is 0. The molecule has 0 bridgehead atoms. The molecule has 0 unspecified atom stereocenters. The van der Waals surface area contributed by atoms with Gasteiger partial charge in [0.05, 0.1) is 13.2 Å². The Morgan fingerprint density at radius 3 is 1.67 bits per heavy atom. The molecule has 161 valence electrons. The van der Waals surface area contributed by atoms with Crippen LogP contribution in [0.4, 0.5) is 0 Å². The van der Waals surface area contributed by atoms with Crippen molar-refractivity contribution in [1.29, 1.82) is 0 Å². The van der Waals surface area contributed by atoms with Crippen LogP contribution in [0.15, 0.2) is 0 Å². The highest BCUT2D eigenvalue weighted by Gasteiger charge is 2.52. The summed E-state index contributed by atoms with van der Waals surface area (Å²) < 4.78 is 12.1. The number of ether oxygens (including phenoxy) is 2. The van der Waals surface area contributed by atoms with Crippen LogP contribution in [0.1, 0.15) is 126 Å². The molecule has 1 heterocycles. The molecule has 1 aliphatic rings. The molecule has 2 nitrogen and oxygen atoms in total. The number of hydrogen-bond donors (Lipinski definition) is 0. The Labute approximate surface area is 171 Å². The fourth-order valence-electron chi connectivity index (χ4n) is 4.86.